The second-order valence-electron chi connectivity index (χ2n) is 8.39. The molecule has 1 aromatic heterocycles. The predicted molar refractivity (Wildman–Crippen MR) is 123 cm³/mol. The molecule has 0 fully saturated rings. The van der Waals surface area contributed by atoms with E-state index >= 15 is 0 Å². The van der Waals surface area contributed by atoms with Gasteiger partial charge in [-0.05, 0) is 73.6 Å². The Bertz CT molecular complexity index is 1100. The molecule has 0 N–H and O–H groups in total. The lowest BCUT2D eigenvalue weighted by molar-refractivity contribution is -0.141. The van der Waals surface area contributed by atoms with Gasteiger partial charge in [-0.2, -0.15) is 0 Å². The van der Waals surface area contributed by atoms with Gasteiger partial charge in [-0.25, -0.2) is 0 Å². The largest absolute Gasteiger partial charge is 0.493 e. The van der Waals surface area contributed by atoms with Crippen molar-refractivity contribution in [1.29, 1.82) is 0 Å². The molecule has 0 unspecified atom stereocenters. The second kappa shape index (κ2) is 8.93. The fourth-order valence-corrected chi connectivity index (χ4v) is 4.43. The Morgan fingerprint density at radius 1 is 1.10 bits per heavy atom. The first-order chi connectivity index (χ1) is 15.0. The van der Waals surface area contributed by atoms with E-state index in [-0.39, 0.29) is 11.9 Å². The number of aromatic nitrogens is 1. The number of benzene rings is 2. The molecule has 31 heavy (non-hydrogen) atoms. The Balaban J connectivity index is 1.51. The molecule has 1 atom stereocenters. The summed E-state index contributed by atoms with van der Waals surface area (Å²) in [4.78, 5) is 16.1. The van der Waals surface area contributed by atoms with Gasteiger partial charge in [-0.3, -0.25) is 9.78 Å². The van der Waals surface area contributed by atoms with Gasteiger partial charge in [-0.1, -0.05) is 30.3 Å². The molecule has 0 amide bonds. The minimum atomic E-state index is -0.194. The lowest BCUT2D eigenvalue weighted by Crippen LogP contribution is -2.09. The van der Waals surface area contributed by atoms with E-state index in [2.05, 4.69) is 61.3 Å². The van der Waals surface area contributed by atoms with E-state index in [0.717, 1.165) is 29.8 Å². The minimum absolute atomic E-state index is 0.0847. The summed E-state index contributed by atoms with van der Waals surface area (Å²) in [6.07, 6.45) is 4.23. The molecule has 4 heteroatoms. The molecule has 1 aliphatic heterocycles. The SMILES string of the molecule is COC(=O)C[C@@H]1COc2cc(CCc3ccc(C)c(-c4ccc(C)nc4)c3C)ccc21. The number of methoxy groups -OCH3 is 1. The molecular formula is C27H29NO3. The number of aryl methyl sites for hydroxylation is 4. The van der Waals surface area contributed by atoms with E-state index in [1.807, 2.05) is 13.1 Å². The maximum atomic E-state index is 11.6. The van der Waals surface area contributed by atoms with Gasteiger partial charge in [-0.15, -0.1) is 0 Å². The molecule has 2 aromatic carbocycles. The van der Waals surface area contributed by atoms with Crippen LogP contribution < -0.4 is 4.74 Å². The van der Waals surface area contributed by atoms with Crippen LogP contribution in [0.3, 0.4) is 0 Å². The maximum Gasteiger partial charge on any atom is 0.306 e. The van der Waals surface area contributed by atoms with Crippen LogP contribution in [0.15, 0.2) is 48.7 Å². The van der Waals surface area contributed by atoms with Crippen molar-refractivity contribution in [2.24, 2.45) is 0 Å². The molecule has 3 aromatic rings. The number of esters is 1. The van der Waals surface area contributed by atoms with Crippen LogP contribution in [0.1, 0.15) is 45.8 Å². The third kappa shape index (κ3) is 4.48. The Morgan fingerprint density at radius 3 is 2.68 bits per heavy atom. The molecule has 1 aliphatic rings. The van der Waals surface area contributed by atoms with Gasteiger partial charge in [0.2, 0.25) is 0 Å². The van der Waals surface area contributed by atoms with Crippen LogP contribution >= 0.6 is 0 Å². The van der Waals surface area contributed by atoms with Crippen LogP contribution in [0.2, 0.25) is 0 Å². The highest BCUT2D eigenvalue weighted by Crippen LogP contribution is 2.37. The Labute approximate surface area is 184 Å². The van der Waals surface area contributed by atoms with Gasteiger partial charge in [0.1, 0.15) is 5.75 Å². The van der Waals surface area contributed by atoms with Crippen molar-refractivity contribution < 1.29 is 14.3 Å². The highest BCUT2D eigenvalue weighted by atomic mass is 16.5. The van der Waals surface area contributed by atoms with E-state index < -0.39 is 0 Å². The van der Waals surface area contributed by atoms with Crippen LogP contribution in [0.5, 0.6) is 5.75 Å². The number of carbonyl (C=O) groups excluding carboxylic acids is 1. The third-order valence-electron chi connectivity index (χ3n) is 6.27. The van der Waals surface area contributed by atoms with Crippen molar-refractivity contribution in [1.82, 2.24) is 4.98 Å². The van der Waals surface area contributed by atoms with Crippen molar-refractivity contribution in [3.63, 3.8) is 0 Å². The van der Waals surface area contributed by atoms with Crippen LogP contribution in [0.25, 0.3) is 11.1 Å². The molecule has 4 rings (SSSR count). The predicted octanol–water partition coefficient (Wildman–Crippen LogP) is 5.50. The highest BCUT2D eigenvalue weighted by Gasteiger charge is 2.26. The third-order valence-corrected chi connectivity index (χ3v) is 6.27. The molecule has 0 saturated heterocycles. The van der Waals surface area contributed by atoms with Crippen LogP contribution in [0, 0.1) is 20.8 Å². The summed E-state index contributed by atoms with van der Waals surface area (Å²) in [7, 11) is 1.43. The smallest absolute Gasteiger partial charge is 0.306 e. The van der Waals surface area contributed by atoms with Crippen molar-refractivity contribution in [2.75, 3.05) is 13.7 Å². The number of hydrogen-bond acceptors (Lipinski definition) is 4. The Kier molecular flexibility index (Phi) is 6.08. The lowest BCUT2D eigenvalue weighted by Gasteiger charge is -2.15. The number of carbonyl (C=O) groups is 1. The molecule has 0 spiro atoms. The van der Waals surface area contributed by atoms with E-state index in [9.17, 15) is 4.79 Å². The van der Waals surface area contributed by atoms with Crippen molar-refractivity contribution in [3.8, 4) is 16.9 Å². The average molecular weight is 416 g/mol. The summed E-state index contributed by atoms with van der Waals surface area (Å²) in [5.74, 6) is 0.792. The minimum Gasteiger partial charge on any atom is -0.493 e. The first-order valence-electron chi connectivity index (χ1n) is 10.8. The first-order valence-corrected chi connectivity index (χ1v) is 10.8. The van der Waals surface area contributed by atoms with Crippen LogP contribution in [-0.2, 0) is 22.4 Å². The number of ether oxygens (including phenoxy) is 2. The monoisotopic (exact) mass is 415 g/mol. The maximum absolute atomic E-state index is 11.6. The number of pyridine rings is 1. The van der Waals surface area contributed by atoms with Gasteiger partial charge in [0.15, 0.2) is 0 Å². The number of hydrogen-bond donors (Lipinski definition) is 0. The van der Waals surface area contributed by atoms with Crippen molar-refractivity contribution in [2.45, 2.75) is 46.0 Å². The fourth-order valence-electron chi connectivity index (χ4n) is 4.43. The summed E-state index contributed by atoms with van der Waals surface area (Å²) in [5, 5.41) is 0. The molecule has 4 nitrogen and oxygen atoms in total. The van der Waals surface area contributed by atoms with Crippen molar-refractivity contribution in [3.05, 3.63) is 82.2 Å². The molecular weight excluding hydrogens is 386 g/mol. The van der Waals surface area contributed by atoms with Gasteiger partial charge in [0.05, 0.1) is 20.1 Å². The van der Waals surface area contributed by atoms with E-state index in [1.54, 1.807) is 0 Å². The highest BCUT2D eigenvalue weighted by molar-refractivity contribution is 5.72. The van der Waals surface area contributed by atoms with Gasteiger partial charge in [0, 0.05) is 28.9 Å². The van der Waals surface area contributed by atoms with Crippen molar-refractivity contribution >= 4 is 5.97 Å². The van der Waals surface area contributed by atoms with Gasteiger partial charge >= 0.3 is 5.97 Å². The quantitative estimate of drug-likeness (QED) is 0.499. The first kappa shape index (κ1) is 21.1. The molecule has 0 saturated carbocycles. The van der Waals surface area contributed by atoms with E-state index in [0.29, 0.717) is 13.0 Å². The second-order valence-corrected chi connectivity index (χ2v) is 8.39. The Hall–Kier alpha value is -3.14. The molecule has 0 bridgehead atoms. The normalized spacial score (nSPS) is 14.8. The number of fused-ring (bicyclic) bond motifs is 1. The molecule has 0 aliphatic carbocycles. The fraction of sp³-hybridized carbons (Fsp3) is 0.333. The summed E-state index contributed by atoms with van der Waals surface area (Å²) < 4.78 is 10.7. The Morgan fingerprint density at radius 2 is 1.94 bits per heavy atom. The number of nitrogens with zero attached hydrogens (tertiary/aromatic N) is 1. The lowest BCUT2D eigenvalue weighted by atomic mass is 9.90. The van der Waals surface area contributed by atoms with Crippen LogP contribution in [0.4, 0.5) is 0 Å². The summed E-state index contributed by atoms with van der Waals surface area (Å²) in [5.41, 5.74) is 9.79. The zero-order chi connectivity index (χ0) is 22.0. The molecule has 160 valence electrons. The average Bonchev–Trinajstić information content (AvgIpc) is 3.16. The van der Waals surface area contributed by atoms with Gasteiger partial charge < -0.3 is 9.47 Å². The number of rotatable bonds is 6. The topological polar surface area (TPSA) is 48.4 Å². The molecule has 2 heterocycles. The van der Waals surface area contributed by atoms with E-state index in [4.69, 9.17) is 9.47 Å². The molecule has 0 radical (unpaired) electrons. The summed E-state index contributed by atoms with van der Waals surface area (Å²) in [6.45, 7) is 6.92. The van der Waals surface area contributed by atoms with Crippen LogP contribution in [-0.4, -0.2) is 24.7 Å². The zero-order valence-corrected chi connectivity index (χ0v) is 18.7. The zero-order valence-electron chi connectivity index (χ0n) is 18.7. The van der Waals surface area contributed by atoms with Gasteiger partial charge in [0.25, 0.3) is 0 Å². The summed E-state index contributed by atoms with van der Waals surface area (Å²) >= 11 is 0. The summed E-state index contributed by atoms with van der Waals surface area (Å²) in [6, 6.07) is 15.1. The van der Waals surface area contributed by atoms with E-state index in [1.165, 1.54) is 40.5 Å². The standard InChI is InChI=1S/C27H29NO3/c1-17-5-9-21(19(3)27(17)22-10-6-18(2)28-15-22)11-7-20-8-12-24-23(14-26(29)30-4)16-31-25(24)13-20/h5-6,8-10,12-13,15,23H,7,11,14,16H2,1-4H3/t23-/m1/s1.